The molecule has 0 aliphatic carbocycles. The number of rotatable bonds is 4. The minimum Gasteiger partial charge on any atom is -0.485 e. The number of carbonyl (C=O) groups excluding carboxylic acids is 1. The number of amides is 1. The number of aryl methyl sites for hydroxylation is 1. The summed E-state index contributed by atoms with van der Waals surface area (Å²) in [6, 6.07) is 3.78. The third-order valence-corrected chi connectivity index (χ3v) is 4.60. The quantitative estimate of drug-likeness (QED) is 0.859. The van der Waals surface area contributed by atoms with E-state index in [-0.39, 0.29) is 12.0 Å². The Balaban J connectivity index is 1.67. The number of hydrogen-bond donors (Lipinski definition) is 0. The van der Waals surface area contributed by atoms with E-state index in [1.807, 2.05) is 48.3 Å². The van der Waals surface area contributed by atoms with E-state index >= 15 is 0 Å². The Morgan fingerprint density at radius 2 is 2.30 bits per heavy atom. The van der Waals surface area contributed by atoms with Crippen molar-refractivity contribution in [3.8, 4) is 5.75 Å². The van der Waals surface area contributed by atoms with Crippen molar-refractivity contribution in [1.82, 2.24) is 14.3 Å². The zero-order valence-corrected chi connectivity index (χ0v) is 14.3. The molecule has 0 bridgehead atoms. The number of likely N-dealkylation sites (tertiary alicyclic amines) is 1. The lowest BCUT2D eigenvalue weighted by Gasteiger charge is -2.20. The average Bonchev–Trinajstić information content (AvgIpc) is 3.16. The van der Waals surface area contributed by atoms with Crippen LogP contribution in [0.1, 0.15) is 22.5 Å². The normalized spacial score (nSPS) is 17.3. The SMILES string of the molecule is Cc1nscc1C(=O)N1CC[C@@H](Oc2cccnc2N(C)C)C1. The van der Waals surface area contributed by atoms with E-state index in [9.17, 15) is 4.79 Å². The summed E-state index contributed by atoms with van der Waals surface area (Å²) in [5.74, 6) is 1.60. The van der Waals surface area contributed by atoms with Gasteiger partial charge in [0.2, 0.25) is 0 Å². The van der Waals surface area contributed by atoms with Gasteiger partial charge in [0.1, 0.15) is 6.10 Å². The molecule has 23 heavy (non-hydrogen) atoms. The van der Waals surface area contributed by atoms with Crippen LogP contribution in [0.5, 0.6) is 5.75 Å². The van der Waals surface area contributed by atoms with E-state index in [0.29, 0.717) is 18.7 Å². The van der Waals surface area contributed by atoms with Gasteiger partial charge in [0.05, 0.1) is 17.8 Å². The molecule has 0 aromatic carbocycles. The smallest absolute Gasteiger partial charge is 0.256 e. The van der Waals surface area contributed by atoms with Gasteiger partial charge in [0.25, 0.3) is 5.91 Å². The van der Waals surface area contributed by atoms with Gasteiger partial charge in [-0.15, -0.1) is 0 Å². The first-order valence-corrected chi connectivity index (χ1v) is 8.39. The van der Waals surface area contributed by atoms with Gasteiger partial charge in [-0.25, -0.2) is 4.98 Å². The molecule has 0 N–H and O–H groups in total. The molecule has 1 saturated heterocycles. The summed E-state index contributed by atoms with van der Waals surface area (Å²) in [5.41, 5.74) is 1.50. The highest BCUT2D eigenvalue weighted by atomic mass is 32.1. The van der Waals surface area contributed by atoms with Gasteiger partial charge in [-0.1, -0.05) is 0 Å². The monoisotopic (exact) mass is 332 g/mol. The molecular formula is C16H20N4O2S. The Morgan fingerprint density at radius 3 is 3.00 bits per heavy atom. The summed E-state index contributed by atoms with van der Waals surface area (Å²) in [5, 5.41) is 1.82. The van der Waals surface area contributed by atoms with Crippen LogP contribution in [-0.4, -0.2) is 53.5 Å². The standard InChI is InChI=1S/C16H20N4O2S/c1-11-13(10-23-18-11)16(21)20-8-6-12(9-20)22-14-5-4-7-17-15(14)19(2)3/h4-5,7,10,12H,6,8-9H2,1-3H3/t12-/m1/s1. The van der Waals surface area contributed by atoms with Crippen molar-refractivity contribution < 1.29 is 9.53 Å². The van der Waals surface area contributed by atoms with Crippen molar-refractivity contribution in [2.24, 2.45) is 0 Å². The highest BCUT2D eigenvalue weighted by Crippen LogP contribution is 2.27. The van der Waals surface area contributed by atoms with Crippen LogP contribution in [0.3, 0.4) is 0 Å². The maximum absolute atomic E-state index is 12.5. The van der Waals surface area contributed by atoms with Crippen LogP contribution in [0, 0.1) is 6.92 Å². The minimum absolute atomic E-state index is 0.00579. The van der Waals surface area contributed by atoms with Crippen molar-refractivity contribution in [3.63, 3.8) is 0 Å². The van der Waals surface area contributed by atoms with Crippen molar-refractivity contribution in [3.05, 3.63) is 35.0 Å². The van der Waals surface area contributed by atoms with Crippen LogP contribution in [0.25, 0.3) is 0 Å². The highest BCUT2D eigenvalue weighted by Gasteiger charge is 2.30. The number of hydrogen-bond acceptors (Lipinski definition) is 6. The van der Waals surface area contributed by atoms with Crippen LogP contribution >= 0.6 is 11.5 Å². The van der Waals surface area contributed by atoms with Gasteiger partial charge >= 0.3 is 0 Å². The first-order valence-electron chi connectivity index (χ1n) is 7.55. The number of ether oxygens (including phenoxy) is 1. The lowest BCUT2D eigenvalue weighted by Crippen LogP contribution is -2.31. The second-order valence-corrected chi connectivity index (χ2v) is 6.44. The molecule has 7 heteroatoms. The van der Waals surface area contributed by atoms with Crippen LogP contribution in [-0.2, 0) is 0 Å². The van der Waals surface area contributed by atoms with E-state index in [1.54, 1.807) is 6.20 Å². The van der Waals surface area contributed by atoms with Gasteiger partial charge < -0.3 is 14.5 Å². The Kier molecular flexibility index (Phi) is 4.47. The van der Waals surface area contributed by atoms with Gasteiger partial charge in [0.15, 0.2) is 11.6 Å². The number of anilines is 1. The van der Waals surface area contributed by atoms with Crippen molar-refractivity contribution >= 4 is 23.3 Å². The molecule has 122 valence electrons. The summed E-state index contributed by atoms with van der Waals surface area (Å²) >= 11 is 1.32. The number of nitrogens with zero attached hydrogens (tertiary/aromatic N) is 4. The van der Waals surface area contributed by atoms with Crippen LogP contribution in [0.2, 0.25) is 0 Å². The lowest BCUT2D eigenvalue weighted by molar-refractivity contribution is 0.0772. The molecule has 0 saturated carbocycles. The molecule has 1 atom stereocenters. The summed E-state index contributed by atoms with van der Waals surface area (Å²) < 4.78 is 10.3. The zero-order valence-electron chi connectivity index (χ0n) is 13.5. The maximum Gasteiger partial charge on any atom is 0.256 e. The lowest BCUT2D eigenvalue weighted by atomic mass is 10.2. The Labute approximate surface area is 139 Å². The molecule has 1 aliphatic rings. The molecule has 1 amide bonds. The van der Waals surface area contributed by atoms with E-state index in [4.69, 9.17) is 4.74 Å². The van der Waals surface area contributed by atoms with Crippen molar-refractivity contribution in [1.29, 1.82) is 0 Å². The molecule has 3 rings (SSSR count). The molecule has 1 aliphatic heterocycles. The number of aromatic nitrogens is 2. The van der Waals surface area contributed by atoms with Crippen LogP contribution < -0.4 is 9.64 Å². The molecule has 0 radical (unpaired) electrons. The first kappa shape index (κ1) is 15.7. The topological polar surface area (TPSA) is 58.6 Å². The highest BCUT2D eigenvalue weighted by molar-refractivity contribution is 7.03. The van der Waals surface area contributed by atoms with E-state index in [2.05, 4.69) is 9.36 Å². The summed E-state index contributed by atoms with van der Waals surface area (Å²) in [6.45, 7) is 3.17. The predicted molar refractivity (Wildman–Crippen MR) is 90.4 cm³/mol. The fourth-order valence-corrected chi connectivity index (χ4v) is 3.35. The fourth-order valence-electron chi connectivity index (χ4n) is 2.67. The molecule has 2 aromatic heterocycles. The second-order valence-electron chi connectivity index (χ2n) is 5.81. The predicted octanol–water partition coefficient (Wildman–Crippen LogP) is 2.21. The molecule has 6 nitrogen and oxygen atoms in total. The average molecular weight is 332 g/mol. The van der Waals surface area contributed by atoms with Gasteiger partial charge in [0, 0.05) is 38.6 Å². The maximum atomic E-state index is 12.5. The van der Waals surface area contributed by atoms with Crippen LogP contribution in [0.4, 0.5) is 5.82 Å². The van der Waals surface area contributed by atoms with E-state index < -0.39 is 0 Å². The fraction of sp³-hybridized carbons (Fsp3) is 0.438. The summed E-state index contributed by atoms with van der Waals surface area (Å²) in [6.07, 6.45) is 2.57. The molecule has 0 spiro atoms. The van der Waals surface area contributed by atoms with Crippen LogP contribution in [0.15, 0.2) is 23.7 Å². The Hall–Kier alpha value is -2.15. The van der Waals surface area contributed by atoms with E-state index in [0.717, 1.165) is 23.7 Å². The Bertz CT molecular complexity index is 701. The summed E-state index contributed by atoms with van der Waals surface area (Å²) in [7, 11) is 3.87. The summed E-state index contributed by atoms with van der Waals surface area (Å²) in [4.78, 5) is 20.6. The number of pyridine rings is 1. The Morgan fingerprint density at radius 1 is 1.48 bits per heavy atom. The van der Waals surface area contributed by atoms with Gasteiger partial charge in [-0.3, -0.25) is 4.79 Å². The third-order valence-electron chi connectivity index (χ3n) is 3.88. The largest absolute Gasteiger partial charge is 0.485 e. The van der Waals surface area contributed by atoms with E-state index in [1.165, 1.54) is 11.5 Å². The molecule has 0 unspecified atom stereocenters. The minimum atomic E-state index is -0.00579. The van der Waals surface area contributed by atoms with Gasteiger partial charge in [-0.2, -0.15) is 4.37 Å². The van der Waals surface area contributed by atoms with Crippen molar-refractivity contribution in [2.75, 3.05) is 32.1 Å². The number of carbonyl (C=O) groups is 1. The molecular weight excluding hydrogens is 312 g/mol. The molecule has 2 aromatic rings. The van der Waals surface area contributed by atoms with Gasteiger partial charge in [-0.05, 0) is 30.6 Å². The third kappa shape index (κ3) is 3.29. The zero-order chi connectivity index (χ0) is 16.4. The first-order chi connectivity index (χ1) is 11.1. The van der Waals surface area contributed by atoms with Crippen molar-refractivity contribution in [2.45, 2.75) is 19.4 Å². The molecule has 3 heterocycles. The second kappa shape index (κ2) is 6.54. The molecule has 1 fully saturated rings.